The second-order valence-electron chi connectivity index (χ2n) is 5.61. The van der Waals surface area contributed by atoms with E-state index < -0.39 is 10.0 Å². The number of aromatic nitrogens is 1. The molecule has 6 nitrogen and oxygen atoms in total. The van der Waals surface area contributed by atoms with Crippen LogP contribution in [0, 0.1) is 0 Å². The van der Waals surface area contributed by atoms with Crippen LogP contribution in [-0.4, -0.2) is 43.0 Å². The fourth-order valence-electron chi connectivity index (χ4n) is 2.23. The third-order valence-electron chi connectivity index (χ3n) is 3.57. The summed E-state index contributed by atoms with van der Waals surface area (Å²) in [4.78, 5) is 16.0. The minimum absolute atomic E-state index is 0.210. The minimum Gasteiger partial charge on any atom is -0.351 e. The van der Waals surface area contributed by atoms with Crippen LogP contribution >= 0.6 is 11.6 Å². The normalized spacial score (nSPS) is 11.5. The first-order valence-corrected chi connectivity index (χ1v) is 9.92. The lowest BCUT2D eigenvalue weighted by molar-refractivity contribution is -0.121. The predicted molar refractivity (Wildman–Crippen MR) is 97.7 cm³/mol. The maximum absolute atomic E-state index is 12.1. The summed E-state index contributed by atoms with van der Waals surface area (Å²) >= 11 is 5.93. The standard InChI is InChI=1S/C17H20ClN3O3S/c1-25(23,24)21(10-7-14-3-2-4-16(18)11-14)13-17(22)20-12-15-5-8-19-9-6-15/h2-6,8-9,11H,7,10,12-13H2,1H3,(H,20,22). The largest absolute Gasteiger partial charge is 0.351 e. The summed E-state index contributed by atoms with van der Waals surface area (Å²) in [6.45, 7) is 0.319. The highest BCUT2D eigenvalue weighted by atomic mass is 35.5. The van der Waals surface area contributed by atoms with E-state index in [0.29, 0.717) is 18.0 Å². The van der Waals surface area contributed by atoms with Gasteiger partial charge in [-0.3, -0.25) is 9.78 Å². The van der Waals surface area contributed by atoms with Crippen LogP contribution in [0.5, 0.6) is 0 Å². The number of sulfonamides is 1. The number of nitrogens with zero attached hydrogens (tertiary/aromatic N) is 2. The predicted octanol–water partition coefficient (Wildman–Crippen LogP) is 1.86. The fraction of sp³-hybridized carbons (Fsp3) is 0.294. The summed E-state index contributed by atoms with van der Waals surface area (Å²) in [6, 6.07) is 10.8. The Balaban J connectivity index is 1.92. The smallest absolute Gasteiger partial charge is 0.235 e. The van der Waals surface area contributed by atoms with Gasteiger partial charge in [0.25, 0.3) is 0 Å². The molecule has 0 saturated carbocycles. The number of hydrogen-bond acceptors (Lipinski definition) is 4. The van der Waals surface area contributed by atoms with E-state index in [4.69, 9.17) is 11.6 Å². The van der Waals surface area contributed by atoms with Gasteiger partial charge in [-0.05, 0) is 41.8 Å². The first-order chi connectivity index (χ1) is 11.8. The number of halogens is 1. The minimum atomic E-state index is -3.49. The molecule has 1 amide bonds. The van der Waals surface area contributed by atoms with E-state index in [1.54, 1.807) is 36.7 Å². The summed E-state index contributed by atoms with van der Waals surface area (Å²) in [5.41, 5.74) is 1.81. The number of benzene rings is 1. The Morgan fingerprint density at radius 1 is 1.20 bits per heavy atom. The zero-order valence-corrected chi connectivity index (χ0v) is 15.4. The van der Waals surface area contributed by atoms with Crippen molar-refractivity contribution in [2.75, 3.05) is 19.3 Å². The van der Waals surface area contributed by atoms with Gasteiger partial charge >= 0.3 is 0 Å². The van der Waals surface area contributed by atoms with Crippen molar-refractivity contribution in [2.24, 2.45) is 0 Å². The van der Waals surface area contributed by atoms with Gasteiger partial charge in [0.1, 0.15) is 0 Å². The first-order valence-electron chi connectivity index (χ1n) is 7.70. The third-order valence-corrected chi connectivity index (χ3v) is 5.05. The Labute approximate surface area is 152 Å². The van der Waals surface area contributed by atoms with Gasteiger partial charge in [-0.25, -0.2) is 8.42 Å². The lowest BCUT2D eigenvalue weighted by Crippen LogP contribution is -2.41. The van der Waals surface area contributed by atoms with Crippen molar-refractivity contribution in [3.05, 3.63) is 64.9 Å². The van der Waals surface area contributed by atoms with Gasteiger partial charge in [-0.2, -0.15) is 4.31 Å². The molecule has 0 saturated heterocycles. The van der Waals surface area contributed by atoms with Crippen LogP contribution in [0.3, 0.4) is 0 Å². The van der Waals surface area contributed by atoms with Crippen LogP contribution in [0.25, 0.3) is 0 Å². The lowest BCUT2D eigenvalue weighted by atomic mass is 10.1. The highest BCUT2D eigenvalue weighted by Gasteiger charge is 2.19. The van der Waals surface area contributed by atoms with Crippen molar-refractivity contribution in [3.8, 4) is 0 Å². The van der Waals surface area contributed by atoms with Crippen LogP contribution < -0.4 is 5.32 Å². The van der Waals surface area contributed by atoms with E-state index in [9.17, 15) is 13.2 Å². The molecule has 1 heterocycles. The molecule has 1 aromatic carbocycles. The second kappa shape index (κ2) is 8.94. The zero-order valence-electron chi connectivity index (χ0n) is 13.9. The number of carbonyl (C=O) groups excluding carboxylic acids is 1. The Morgan fingerprint density at radius 2 is 1.92 bits per heavy atom. The number of pyridine rings is 1. The number of amides is 1. The van der Waals surface area contributed by atoms with Crippen molar-refractivity contribution >= 4 is 27.5 Å². The topological polar surface area (TPSA) is 79.4 Å². The lowest BCUT2D eigenvalue weighted by Gasteiger charge is -2.19. The van der Waals surface area contributed by atoms with E-state index in [1.165, 1.54) is 0 Å². The molecule has 25 heavy (non-hydrogen) atoms. The monoisotopic (exact) mass is 381 g/mol. The zero-order chi connectivity index (χ0) is 18.3. The molecule has 0 aliphatic carbocycles. The summed E-state index contributed by atoms with van der Waals surface area (Å²) in [5.74, 6) is -0.353. The Bertz CT molecular complexity index is 813. The van der Waals surface area contributed by atoms with Gasteiger partial charge in [0, 0.05) is 30.5 Å². The average Bonchev–Trinajstić information content (AvgIpc) is 2.57. The summed E-state index contributed by atoms with van der Waals surface area (Å²) in [5, 5.41) is 3.31. The summed E-state index contributed by atoms with van der Waals surface area (Å²) < 4.78 is 25.0. The van der Waals surface area contributed by atoms with Gasteiger partial charge in [0.15, 0.2) is 0 Å². The fourth-order valence-corrected chi connectivity index (χ4v) is 3.21. The van der Waals surface area contributed by atoms with E-state index in [2.05, 4.69) is 10.3 Å². The molecule has 134 valence electrons. The van der Waals surface area contributed by atoms with Crippen LogP contribution in [0.4, 0.5) is 0 Å². The van der Waals surface area contributed by atoms with E-state index >= 15 is 0 Å². The summed E-state index contributed by atoms with van der Waals surface area (Å²) in [7, 11) is -3.49. The second-order valence-corrected chi connectivity index (χ2v) is 8.03. The Morgan fingerprint density at radius 3 is 2.56 bits per heavy atom. The third kappa shape index (κ3) is 6.81. The molecule has 2 aromatic rings. The van der Waals surface area contributed by atoms with Gasteiger partial charge in [-0.15, -0.1) is 0 Å². The molecule has 0 aliphatic rings. The molecule has 8 heteroatoms. The molecule has 0 spiro atoms. The van der Waals surface area contributed by atoms with Gasteiger partial charge < -0.3 is 5.32 Å². The van der Waals surface area contributed by atoms with Gasteiger partial charge in [-0.1, -0.05) is 23.7 Å². The number of nitrogens with one attached hydrogen (secondary N) is 1. The Hall–Kier alpha value is -1.96. The molecule has 0 radical (unpaired) electrons. The maximum atomic E-state index is 12.1. The average molecular weight is 382 g/mol. The molecule has 0 bridgehead atoms. The molecular formula is C17H20ClN3O3S. The molecule has 2 rings (SSSR count). The summed E-state index contributed by atoms with van der Waals surface area (Å²) in [6.07, 6.45) is 4.84. The molecule has 0 atom stereocenters. The highest BCUT2D eigenvalue weighted by molar-refractivity contribution is 7.88. The van der Waals surface area contributed by atoms with Crippen LogP contribution in [0.1, 0.15) is 11.1 Å². The van der Waals surface area contributed by atoms with Crippen molar-refractivity contribution < 1.29 is 13.2 Å². The van der Waals surface area contributed by atoms with Crippen LogP contribution in [-0.2, 0) is 27.8 Å². The van der Waals surface area contributed by atoms with Crippen molar-refractivity contribution in [3.63, 3.8) is 0 Å². The van der Waals surface area contributed by atoms with Crippen molar-refractivity contribution in [1.82, 2.24) is 14.6 Å². The van der Waals surface area contributed by atoms with Crippen LogP contribution in [0.15, 0.2) is 48.8 Å². The molecule has 1 N–H and O–H groups in total. The molecule has 1 aromatic heterocycles. The van der Waals surface area contributed by atoms with Crippen LogP contribution in [0.2, 0.25) is 5.02 Å². The molecule has 0 aliphatic heterocycles. The van der Waals surface area contributed by atoms with Crippen molar-refractivity contribution in [2.45, 2.75) is 13.0 Å². The molecule has 0 fully saturated rings. The number of rotatable bonds is 8. The quantitative estimate of drug-likeness (QED) is 0.756. The van der Waals surface area contributed by atoms with E-state index in [0.717, 1.165) is 21.7 Å². The Kier molecular flexibility index (Phi) is 6.92. The molecular weight excluding hydrogens is 362 g/mol. The first kappa shape index (κ1) is 19.4. The van der Waals surface area contributed by atoms with E-state index in [-0.39, 0.29) is 19.0 Å². The molecule has 0 unspecified atom stereocenters. The number of carbonyl (C=O) groups is 1. The SMILES string of the molecule is CS(=O)(=O)N(CCc1cccc(Cl)c1)CC(=O)NCc1ccncc1. The maximum Gasteiger partial charge on any atom is 0.235 e. The van der Waals surface area contributed by atoms with Crippen molar-refractivity contribution in [1.29, 1.82) is 0 Å². The van der Waals surface area contributed by atoms with Gasteiger partial charge in [0.2, 0.25) is 15.9 Å². The van der Waals surface area contributed by atoms with Gasteiger partial charge in [0.05, 0.1) is 12.8 Å². The number of hydrogen-bond donors (Lipinski definition) is 1. The highest BCUT2D eigenvalue weighted by Crippen LogP contribution is 2.12. The van der Waals surface area contributed by atoms with E-state index in [1.807, 2.05) is 12.1 Å².